The smallest absolute Gasteiger partial charge is 0.474 e. The molecule has 0 aromatic carbocycles. The van der Waals surface area contributed by atoms with E-state index in [1.165, 1.54) is 37.5 Å². The summed E-state index contributed by atoms with van der Waals surface area (Å²) in [4.78, 5) is 76.4. The lowest BCUT2D eigenvalue weighted by Crippen LogP contribution is -2.71. The molecule has 0 bridgehead atoms. The lowest BCUT2D eigenvalue weighted by atomic mass is 9.79. The Hall–Kier alpha value is -4.70. The fraction of sp³-hybridized carbons (Fsp3) is 0.757. The molecule has 5 fully saturated rings. The molecule has 0 aromatic rings. The minimum atomic E-state index is -5.28. The van der Waals surface area contributed by atoms with Gasteiger partial charge in [0.05, 0.1) is 56.3 Å². The number of hydrogen-bond acceptors (Lipinski definition) is 29. The molecule has 0 spiro atoms. The largest absolute Gasteiger partial charge is 0.510 e. The predicted molar refractivity (Wildman–Crippen MR) is 366 cm³/mol. The number of hydrogen-bond donors (Lipinski definition) is 15. The summed E-state index contributed by atoms with van der Waals surface area (Å²) < 4.78 is 85.0. The van der Waals surface area contributed by atoms with E-state index in [0.29, 0.717) is 6.42 Å². The maximum Gasteiger partial charge on any atom is 0.474 e. The summed E-state index contributed by atoms with van der Waals surface area (Å²) in [5, 5.41) is 129. The number of aldehydes is 1. The van der Waals surface area contributed by atoms with Crippen LogP contribution < -0.4 is 16.0 Å². The highest BCUT2D eigenvalue weighted by molar-refractivity contribution is 7.47. The van der Waals surface area contributed by atoms with Crippen LogP contribution in [0.5, 0.6) is 0 Å². The molecule has 5 heterocycles. The molecule has 104 heavy (non-hydrogen) atoms. The Kier molecular flexibility index (Phi) is 33.6. The number of phosphoric acid groups is 1. The summed E-state index contributed by atoms with van der Waals surface area (Å²) in [6, 6.07) is -3.67. The van der Waals surface area contributed by atoms with Crippen LogP contribution in [0.4, 0.5) is 0 Å². The molecular formula is C70H112N3O30P. The van der Waals surface area contributed by atoms with Crippen molar-refractivity contribution in [3.63, 3.8) is 0 Å². The molecule has 27 atom stereocenters. The zero-order valence-corrected chi connectivity index (χ0v) is 62.1. The number of ether oxygens (including phenoxy) is 10. The molecule has 0 saturated carbocycles. The van der Waals surface area contributed by atoms with Gasteiger partial charge in [-0.05, 0) is 112 Å². The molecule has 1 aliphatic carbocycles. The van der Waals surface area contributed by atoms with Crippen LogP contribution in [0.2, 0.25) is 0 Å². The molecule has 33 nitrogen and oxygen atoms in total. The Balaban J connectivity index is 1.16. The van der Waals surface area contributed by atoms with Gasteiger partial charge in [-0.25, -0.2) is 4.57 Å². The standard InChI is InChI=1S/C70H112N3O30P/c1-34(2)18-16-20-36(4)22-23-37(5)26-28-69(11,12)27-15-14-19-35(3)21-17-29-92-38(6)32-94-104(90,91)103-68-60(43(30-74)70(13,89)40(8)96-68)100-65-50(72-42(10)77)53(82)61(47(98-65)33-93-66-57(86)54(83)51(80)46(31-75)97-66)101-64-49(71-41(9)76)52(81)59(39(7)95-64)99-67-58(87)55(84)56(85)62(102-67)63(88)73-48-44(78)24-25-45(48)79/h15,18,21-22,27,30,38-40,43,46-47,49-62,64-68,75,78,80-87,89H,5,14,16-17,19-20,23-26,28-29,31-33H2,1-4,6-13H3,(H,71,76)(H,72,77)(H,73,88)(H,90,91)/b27-15+,35-21-,36-22+/t38-,39?,40?,43?,46?,47?,49?,50?,51?,52?,53?,54?,55?,56?,57?,58?,59?,60?,61?,62?,64?,65?,66?,67?,68?,70?/m0/s1. The summed E-state index contributed by atoms with van der Waals surface area (Å²) in [7, 11) is -5.28. The number of carbonyl (C=O) groups excluding carboxylic acids is 5. The van der Waals surface area contributed by atoms with Gasteiger partial charge in [0, 0.05) is 26.7 Å². The predicted octanol–water partition coefficient (Wildman–Crippen LogP) is 1.18. The third-order valence-corrected chi connectivity index (χ3v) is 20.1. The zero-order valence-electron chi connectivity index (χ0n) is 61.2. The Labute approximate surface area is 606 Å². The highest BCUT2D eigenvalue weighted by Crippen LogP contribution is 2.49. The first-order chi connectivity index (χ1) is 48.7. The normalized spacial score (nSPS) is 36.9. The number of allylic oxidation sites excluding steroid dienone is 10. The highest BCUT2D eigenvalue weighted by Gasteiger charge is 2.59. The minimum Gasteiger partial charge on any atom is -0.510 e. The molecule has 6 aliphatic rings. The maximum absolute atomic E-state index is 13.9. The lowest BCUT2D eigenvalue weighted by Gasteiger charge is -2.51. The van der Waals surface area contributed by atoms with E-state index in [0.717, 1.165) is 64.4 Å². The van der Waals surface area contributed by atoms with Crippen LogP contribution >= 0.6 is 7.82 Å². The van der Waals surface area contributed by atoms with E-state index in [9.17, 15) is 89.6 Å². The quantitative estimate of drug-likeness (QED) is 0.0181. The van der Waals surface area contributed by atoms with Crippen molar-refractivity contribution in [1.29, 1.82) is 0 Å². The number of amides is 3. The van der Waals surface area contributed by atoms with Gasteiger partial charge in [0.1, 0.15) is 109 Å². The van der Waals surface area contributed by atoms with Crippen molar-refractivity contribution < 1.29 is 146 Å². The molecule has 592 valence electrons. The number of carbonyl (C=O) groups is 5. The van der Waals surface area contributed by atoms with Gasteiger partial charge in [0.2, 0.25) is 11.8 Å². The first kappa shape index (κ1) is 88.2. The Morgan fingerprint density at radius 2 is 1.30 bits per heavy atom. The second-order valence-corrected chi connectivity index (χ2v) is 30.2. The Morgan fingerprint density at radius 1 is 0.712 bits per heavy atom. The number of rotatable bonds is 36. The van der Waals surface area contributed by atoms with E-state index < -0.39 is 221 Å². The van der Waals surface area contributed by atoms with Gasteiger partial charge in [-0.3, -0.25) is 28.2 Å². The van der Waals surface area contributed by atoms with Gasteiger partial charge in [-0.1, -0.05) is 73.1 Å². The van der Waals surface area contributed by atoms with Crippen molar-refractivity contribution in [3.05, 3.63) is 70.7 Å². The average Bonchev–Trinajstić information content (AvgIpc) is 0.792. The van der Waals surface area contributed by atoms with Crippen molar-refractivity contribution in [2.75, 3.05) is 26.4 Å². The molecule has 0 aromatic heterocycles. The van der Waals surface area contributed by atoms with Crippen molar-refractivity contribution >= 4 is 37.6 Å². The van der Waals surface area contributed by atoms with Crippen LogP contribution in [-0.2, 0) is 85.0 Å². The number of phosphoric ester groups is 1. The van der Waals surface area contributed by atoms with Gasteiger partial charge >= 0.3 is 7.82 Å². The molecule has 0 radical (unpaired) electrons. The fourth-order valence-corrected chi connectivity index (χ4v) is 13.5. The van der Waals surface area contributed by atoms with E-state index in [1.54, 1.807) is 6.92 Å². The van der Waals surface area contributed by atoms with Crippen LogP contribution in [0.15, 0.2) is 70.7 Å². The van der Waals surface area contributed by atoms with Gasteiger partial charge in [-0.2, -0.15) is 0 Å². The summed E-state index contributed by atoms with van der Waals surface area (Å²) in [5.41, 5.74) is 2.36. The fourth-order valence-electron chi connectivity index (χ4n) is 12.6. The number of aliphatic hydroxyl groups excluding tert-OH is 10. The first-order valence-corrected chi connectivity index (χ1v) is 36.7. The highest BCUT2D eigenvalue weighted by atomic mass is 31.2. The number of aliphatic hydroxyl groups is 11. The van der Waals surface area contributed by atoms with Gasteiger partial charge in [0.15, 0.2) is 43.3 Å². The third-order valence-electron chi connectivity index (χ3n) is 19.2. The summed E-state index contributed by atoms with van der Waals surface area (Å²) >= 11 is 0. The monoisotopic (exact) mass is 1510 g/mol. The summed E-state index contributed by atoms with van der Waals surface area (Å²) in [5.74, 6) is -5.85. The first-order valence-electron chi connectivity index (χ1n) is 35.2. The Morgan fingerprint density at radius 3 is 1.91 bits per heavy atom. The van der Waals surface area contributed by atoms with E-state index >= 15 is 0 Å². The second-order valence-electron chi connectivity index (χ2n) is 28.8. The van der Waals surface area contributed by atoms with Crippen LogP contribution in [0.25, 0.3) is 0 Å². The van der Waals surface area contributed by atoms with E-state index in [4.69, 9.17) is 56.4 Å². The Bertz CT molecular complexity index is 3080. The minimum absolute atomic E-state index is 0.0126. The molecule has 3 amide bonds. The lowest BCUT2D eigenvalue weighted by molar-refractivity contribution is -0.371. The van der Waals surface area contributed by atoms with Crippen LogP contribution in [0.1, 0.15) is 147 Å². The van der Waals surface area contributed by atoms with Crippen LogP contribution in [0, 0.1) is 11.3 Å². The number of Topliss-reactive ketones (excluding diaryl/α,β-unsaturated/α-hetero) is 1. The van der Waals surface area contributed by atoms with Crippen molar-refractivity contribution in [3.8, 4) is 0 Å². The third kappa shape index (κ3) is 24.4. The molecule has 6 rings (SSSR count). The summed E-state index contributed by atoms with van der Waals surface area (Å²) in [6.45, 7) is 22.4. The summed E-state index contributed by atoms with van der Waals surface area (Å²) in [6.07, 6.45) is -23.4. The molecule has 5 aliphatic heterocycles. The molecular weight excluding hydrogens is 1390 g/mol. The van der Waals surface area contributed by atoms with Crippen molar-refractivity contribution in [2.24, 2.45) is 11.3 Å². The molecule has 26 unspecified atom stereocenters. The molecule has 5 saturated heterocycles. The average molecular weight is 1510 g/mol. The van der Waals surface area contributed by atoms with Gasteiger partial charge in [0.25, 0.3) is 5.91 Å². The number of nitrogens with one attached hydrogen (secondary N) is 3. The van der Waals surface area contributed by atoms with Crippen LogP contribution in [0.3, 0.4) is 0 Å². The molecule has 34 heteroatoms. The van der Waals surface area contributed by atoms with E-state index in [1.807, 2.05) is 13.0 Å². The van der Waals surface area contributed by atoms with Crippen molar-refractivity contribution in [1.82, 2.24) is 16.0 Å². The second kappa shape index (κ2) is 39.6. The van der Waals surface area contributed by atoms with Crippen molar-refractivity contribution in [2.45, 2.75) is 300 Å². The maximum atomic E-state index is 13.9. The van der Waals surface area contributed by atoms with E-state index in [-0.39, 0.29) is 31.1 Å². The number of ketones is 1. The topological polar surface area (TPSA) is 492 Å². The van der Waals surface area contributed by atoms with Crippen LogP contribution in [-0.4, -0.2) is 270 Å². The zero-order chi connectivity index (χ0) is 77.5. The van der Waals surface area contributed by atoms with Gasteiger partial charge in [-0.15, -0.1) is 0 Å². The SMILES string of the molecule is C=C(C/C=C(\C)CCC=C(C)C)CCC(C)(C)/C=C/CC/C(C)=C\CCO[C@@H](C)COP(=O)(O)OC1OC(C)C(C)(O)C(C=O)C1OC1OC(COC2OC(CO)C(O)C(O)C2O)C(OC2OC(C)C(OC3OC(C(=O)NC4=C(O)CCC4=O)C(O)C(O)C3O)C(O)C2NC(C)=O)C(O)C1NC(C)=O. The van der Waals surface area contributed by atoms with Gasteiger partial charge < -0.3 is 129 Å². The van der Waals surface area contributed by atoms with E-state index in [2.05, 4.69) is 81.5 Å². The molecule has 15 N–H and O–H groups in total.